The SMILES string of the molecule is O=C(c1ccoc1Cl)N1C[C@H](O)C[C@@H]1c1cccc(F)c1. The Hall–Kier alpha value is -1.85. The van der Waals surface area contributed by atoms with Gasteiger partial charge in [-0.15, -0.1) is 0 Å². The lowest BCUT2D eigenvalue weighted by atomic mass is 10.0. The minimum Gasteiger partial charge on any atom is -0.452 e. The molecule has 0 saturated carbocycles. The van der Waals surface area contributed by atoms with Gasteiger partial charge >= 0.3 is 0 Å². The van der Waals surface area contributed by atoms with Crippen LogP contribution in [-0.4, -0.2) is 28.6 Å². The zero-order chi connectivity index (χ0) is 15.0. The van der Waals surface area contributed by atoms with Gasteiger partial charge in [-0.25, -0.2) is 4.39 Å². The van der Waals surface area contributed by atoms with E-state index in [1.165, 1.54) is 29.4 Å². The van der Waals surface area contributed by atoms with Crippen LogP contribution in [0.3, 0.4) is 0 Å². The van der Waals surface area contributed by atoms with Crippen molar-refractivity contribution in [1.82, 2.24) is 4.90 Å². The molecular weight excluding hydrogens is 297 g/mol. The van der Waals surface area contributed by atoms with Crippen LogP contribution in [0.1, 0.15) is 28.4 Å². The quantitative estimate of drug-likeness (QED) is 0.927. The summed E-state index contributed by atoms with van der Waals surface area (Å²) in [6, 6.07) is 7.15. The number of furan rings is 1. The number of carbonyl (C=O) groups excluding carboxylic acids is 1. The van der Waals surface area contributed by atoms with Gasteiger partial charge in [0, 0.05) is 6.54 Å². The molecule has 0 radical (unpaired) electrons. The van der Waals surface area contributed by atoms with Gasteiger partial charge < -0.3 is 14.4 Å². The second-order valence-corrected chi connectivity index (χ2v) is 5.37. The van der Waals surface area contributed by atoms with E-state index in [2.05, 4.69) is 0 Å². The number of likely N-dealkylation sites (tertiary alicyclic amines) is 1. The number of aliphatic hydroxyl groups excluding tert-OH is 1. The maximum Gasteiger partial charge on any atom is 0.259 e. The molecule has 0 aliphatic carbocycles. The second kappa shape index (κ2) is 5.50. The first-order valence-electron chi connectivity index (χ1n) is 6.53. The van der Waals surface area contributed by atoms with E-state index in [0.717, 1.165) is 0 Å². The van der Waals surface area contributed by atoms with Crippen molar-refractivity contribution in [3.8, 4) is 0 Å². The molecular formula is C15H13ClFNO3. The number of β-amino-alcohol motifs (C(OH)–C–C–N with tert-alkyl or cyclic N) is 1. The van der Waals surface area contributed by atoms with Gasteiger partial charge in [-0.05, 0) is 41.8 Å². The zero-order valence-corrected chi connectivity index (χ0v) is 11.8. The Balaban J connectivity index is 1.93. The van der Waals surface area contributed by atoms with E-state index in [1.807, 2.05) is 0 Å². The fourth-order valence-electron chi connectivity index (χ4n) is 2.67. The molecule has 1 fully saturated rings. The lowest BCUT2D eigenvalue weighted by Gasteiger charge is -2.24. The Morgan fingerprint density at radius 3 is 2.90 bits per heavy atom. The first-order valence-corrected chi connectivity index (χ1v) is 6.91. The summed E-state index contributed by atoms with van der Waals surface area (Å²) in [4.78, 5) is 14.0. The van der Waals surface area contributed by atoms with Crippen LogP contribution in [0.25, 0.3) is 0 Å². The molecule has 1 aliphatic rings. The Morgan fingerprint density at radius 2 is 2.24 bits per heavy atom. The van der Waals surface area contributed by atoms with Crippen molar-refractivity contribution in [1.29, 1.82) is 0 Å². The predicted molar refractivity (Wildman–Crippen MR) is 74.5 cm³/mol. The molecule has 1 amide bonds. The Bertz CT molecular complexity index is 672. The van der Waals surface area contributed by atoms with Crippen LogP contribution in [0.2, 0.25) is 5.22 Å². The molecule has 0 bridgehead atoms. The third kappa shape index (κ3) is 2.66. The van der Waals surface area contributed by atoms with Crippen molar-refractivity contribution in [2.75, 3.05) is 6.54 Å². The lowest BCUT2D eigenvalue weighted by molar-refractivity contribution is 0.0715. The van der Waals surface area contributed by atoms with Gasteiger partial charge in [0.05, 0.1) is 24.0 Å². The van der Waals surface area contributed by atoms with Crippen LogP contribution in [-0.2, 0) is 0 Å². The third-order valence-electron chi connectivity index (χ3n) is 3.62. The summed E-state index contributed by atoms with van der Waals surface area (Å²) in [6.07, 6.45) is 1.05. The van der Waals surface area contributed by atoms with Gasteiger partial charge in [0.25, 0.3) is 5.91 Å². The number of carbonyl (C=O) groups is 1. The first-order chi connectivity index (χ1) is 10.1. The second-order valence-electron chi connectivity index (χ2n) is 5.03. The van der Waals surface area contributed by atoms with Crippen molar-refractivity contribution < 1.29 is 18.7 Å². The molecule has 2 aromatic rings. The summed E-state index contributed by atoms with van der Waals surface area (Å²) in [5.74, 6) is -0.706. The Morgan fingerprint density at radius 1 is 1.43 bits per heavy atom. The van der Waals surface area contributed by atoms with Crippen molar-refractivity contribution in [3.05, 3.63) is 58.8 Å². The topological polar surface area (TPSA) is 53.7 Å². The number of amides is 1. The van der Waals surface area contributed by atoms with Crippen LogP contribution in [0.15, 0.2) is 41.0 Å². The average molecular weight is 310 g/mol. The van der Waals surface area contributed by atoms with Gasteiger partial charge in [0.15, 0.2) is 0 Å². The molecule has 4 nitrogen and oxygen atoms in total. The van der Waals surface area contributed by atoms with Crippen LogP contribution < -0.4 is 0 Å². The van der Waals surface area contributed by atoms with Crippen LogP contribution in [0.4, 0.5) is 4.39 Å². The summed E-state index contributed by atoms with van der Waals surface area (Å²) in [6.45, 7) is 0.182. The highest BCUT2D eigenvalue weighted by molar-refractivity contribution is 6.32. The lowest BCUT2D eigenvalue weighted by Crippen LogP contribution is -2.31. The maximum absolute atomic E-state index is 13.4. The molecule has 1 aromatic heterocycles. The normalized spacial score (nSPS) is 21.8. The molecule has 2 heterocycles. The number of nitrogens with zero attached hydrogens (tertiary/aromatic N) is 1. The highest BCUT2D eigenvalue weighted by atomic mass is 35.5. The molecule has 6 heteroatoms. The fraction of sp³-hybridized carbons (Fsp3) is 0.267. The Kier molecular flexibility index (Phi) is 3.69. The van der Waals surface area contributed by atoms with Gasteiger partial charge in [0.2, 0.25) is 5.22 Å². The van der Waals surface area contributed by atoms with E-state index in [0.29, 0.717) is 12.0 Å². The molecule has 0 spiro atoms. The monoisotopic (exact) mass is 309 g/mol. The molecule has 21 heavy (non-hydrogen) atoms. The van der Waals surface area contributed by atoms with Crippen molar-refractivity contribution in [3.63, 3.8) is 0 Å². The summed E-state index contributed by atoms with van der Waals surface area (Å²) in [7, 11) is 0. The molecule has 1 aliphatic heterocycles. The highest BCUT2D eigenvalue weighted by Crippen LogP contribution is 2.34. The number of aliphatic hydroxyl groups is 1. The van der Waals surface area contributed by atoms with Gasteiger partial charge in [-0.2, -0.15) is 0 Å². The van der Waals surface area contributed by atoms with E-state index in [4.69, 9.17) is 16.0 Å². The molecule has 110 valence electrons. The highest BCUT2D eigenvalue weighted by Gasteiger charge is 2.36. The summed E-state index contributed by atoms with van der Waals surface area (Å²) >= 11 is 5.83. The largest absolute Gasteiger partial charge is 0.452 e. The van der Waals surface area contributed by atoms with E-state index < -0.39 is 6.10 Å². The summed E-state index contributed by atoms with van der Waals surface area (Å²) in [5, 5.41) is 9.89. The summed E-state index contributed by atoms with van der Waals surface area (Å²) in [5.41, 5.74) is 0.895. The van der Waals surface area contributed by atoms with Crippen molar-refractivity contribution in [2.24, 2.45) is 0 Å². The van der Waals surface area contributed by atoms with Gasteiger partial charge in [-0.3, -0.25) is 4.79 Å². The number of benzene rings is 1. The molecule has 1 N–H and O–H groups in total. The minimum absolute atomic E-state index is 0.0133. The molecule has 2 atom stereocenters. The van der Waals surface area contributed by atoms with E-state index >= 15 is 0 Å². The van der Waals surface area contributed by atoms with Gasteiger partial charge in [-0.1, -0.05) is 12.1 Å². The van der Waals surface area contributed by atoms with E-state index in [1.54, 1.807) is 12.1 Å². The number of hydrogen-bond donors (Lipinski definition) is 1. The molecule has 1 aromatic carbocycles. The zero-order valence-electron chi connectivity index (χ0n) is 11.0. The molecule has 3 rings (SSSR count). The number of rotatable bonds is 2. The Labute approximate surface area is 125 Å². The third-order valence-corrected chi connectivity index (χ3v) is 3.91. The van der Waals surface area contributed by atoms with Crippen LogP contribution in [0.5, 0.6) is 0 Å². The molecule has 0 unspecified atom stereocenters. The average Bonchev–Trinajstić information content (AvgIpc) is 3.04. The number of halogens is 2. The minimum atomic E-state index is -0.645. The van der Waals surface area contributed by atoms with E-state index in [9.17, 15) is 14.3 Å². The summed E-state index contributed by atoms with van der Waals surface area (Å²) < 4.78 is 18.3. The fourth-order valence-corrected chi connectivity index (χ4v) is 2.86. The molecule has 1 saturated heterocycles. The smallest absolute Gasteiger partial charge is 0.259 e. The number of hydrogen-bond acceptors (Lipinski definition) is 3. The van der Waals surface area contributed by atoms with E-state index in [-0.39, 0.29) is 35.1 Å². The maximum atomic E-state index is 13.4. The predicted octanol–water partition coefficient (Wildman–Crippen LogP) is 3.02. The standard InChI is InChI=1S/C15H13ClFNO3/c16-14-12(4-5-21-14)15(20)18-8-11(19)7-13(18)9-2-1-3-10(17)6-9/h1-6,11,13,19H,7-8H2/t11-,13-/m1/s1. The van der Waals surface area contributed by atoms with Crippen LogP contribution >= 0.6 is 11.6 Å². The van der Waals surface area contributed by atoms with Crippen molar-refractivity contribution >= 4 is 17.5 Å². The van der Waals surface area contributed by atoms with Gasteiger partial charge in [0.1, 0.15) is 5.82 Å². The first kappa shape index (κ1) is 14.1. The van der Waals surface area contributed by atoms with Crippen molar-refractivity contribution in [2.45, 2.75) is 18.6 Å². The van der Waals surface area contributed by atoms with Crippen LogP contribution in [0, 0.1) is 5.82 Å².